The minimum Gasteiger partial charge on any atom is -0.322 e. The summed E-state index contributed by atoms with van der Waals surface area (Å²) in [5.74, 6) is 0.621. The Morgan fingerprint density at radius 3 is 2.44 bits per heavy atom. The van der Waals surface area contributed by atoms with E-state index in [2.05, 4.69) is 20.6 Å². The van der Waals surface area contributed by atoms with E-state index < -0.39 is 0 Å². The number of amides is 1. The van der Waals surface area contributed by atoms with Crippen molar-refractivity contribution in [3.05, 3.63) is 40.7 Å². The van der Waals surface area contributed by atoms with Gasteiger partial charge in [0.25, 0.3) is 0 Å². The normalized spacial score (nSPS) is 12.2. The van der Waals surface area contributed by atoms with Crippen LogP contribution in [0.4, 0.5) is 5.69 Å². The molecule has 0 fully saturated rings. The fourth-order valence-electron chi connectivity index (χ4n) is 2.66. The highest BCUT2D eigenvalue weighted by molar-refractivity contribution is 8.00. The molecule has 142 valence electrons. The Hall–Kier alpha value is -2.32. The third-order valence-corrected chi connectivity index (χ3v) is 5.73. The van der Waals surface area contributed by atoms with Crippen molar-refractivity contribution in [2.45, 2.75) is 31.2 Å². The van der Waals surface area contributed by atoms with Crippen LogP contribution in [0.2, 0.25) is 5.02 Å². The topological polar surface area (TPSA) is 77.6 Å². The van der Waals surface area contributed by atoms with Crippen molar-refractivity contribution in [2.24, 2.45) is 14.1 Å². The number of hydrogen-bond acceptors (Lipinski definition) is 5. The third kappa shape index (κ3) is 4.01. The van der Waals surface area contributed by atoms with Gasteiger partial charge < -0.3 is 9.88 Å². The van der Waals surface area contributed by atoms with Crippen LogP contribution in [-0.4, -0.2) is 35.7 Å². The highest BCUT2D eigenvalue weighted by Crippen LogP contribution is 2.27. The average Bonchev–Trinajstić information content (AvgIpc) is 3.10. The maximum atomic E-state index is 12.6. The predicted molar refractivity (Wildman–Crippen MR) is 108 cm³/mol. The second-order valence-corrected chi connectivity index (χ2v) is 8.04. The number of carbonyl (C=O) groups excluding carboxylic acids is 1. The van der Waals surface area contributed by atoms with E-state index in [0.717, 1.165) is 28.5 Å². The zero-order valence-electron chi connectivity index (χ0n) is 15.8. The maximum Gasteiger partial charge on any atom is 0.237 e. The summed E-state index contributed by atoms with van der Waals surface area (Å²) in [6.45, 7) is 5.65. The molecule has 0 spiro atoms. The number of nitrogens with one attached hydrogen (secondary N) is 1. The predicted octanol–water partition coefficient (Wildman–Crippen LogP) is 3.61. The van der Waals surface area contributed by atoms with Gasteiger partial charge in [0.2, 0.25) is 5.91 Å². The van der Waals surface area contributed by atoms with Gasteiger partial charge in [-0.3, -0.25) is 9.48 Å². The van der Waals surface area contributed by atoms with Crippen molar-refractivity contribution < 1.29 is 4.79 Å². The summed E-state index contributed by atoms with van der Waals surface area (Å²) in [4.78, 5) is 12.6. The van der Waals surface area contributed by atoms with Gasteiger partial charge in [-0.15, -0.1) is 10.2 Å². The highest BCUT2D eigenvalue weighted by Gasteiger charge is 2.21. The molecule has 0 bridgehead atoms. The molecule has 7 nitrogen and oxygen atoms in total. The summed E-state index contributed by atoms with van der Waals surface area (Å²) in [6.07, 6.45) is 0. The van der Waals surface area contributed by atoms with Gasteiger partial charge in [-0.05, 0) is 45.0 Å². The van der Waals surface area contributed by atoms with Crippen molar-refractivity contribution in [2.75, 3.05) is 5.32 Å². The zero-order chi connectivity index (χ0) is 19.7. The molecule has 0 aliphatic carbocycles. The number of nitrogens with zero attached hydrogens (tertiary/aromatic N) is 5. The van der Waals surface area contributed by atoms with Gasteiger partial charge in [0.15, 0.2) is 11.0 Å². The van der Waals surface area contributed by atoms with Crippen LogP contribution in [0.25, 0.3) is 11.4 Å². The number of thioether (sulfide) groups is 1. The second kappa shape index (κ2) is 7.74. The van der Waals surface area contributed by atoms with E-state index >= 15 is 0 Å². The minimum absolute atomic E-state index is 0.102. The molecule has 0 radical (unpaired) electrons. The molecule has 2 heterocycles. The first-order chi connectivity index (χ1) is 12.8. The molecule has 2 aromatic heterocycles. The van der Waals surface area contributed by atoms with E-state index in [-0.39, 0.29) is 11.2 Å². The monoisotopic (exact) mass is 404 g/mol. The van der Waals surface area contributed by atoms with E-state index in [0.29, 0.717) is 10.2 Å². The average molecular weight is 405 g/mol. The van der Waals surface area contributed by atoms with Crippen LogP contribution in [0, 0.1) is 13.8 Å². The quantitative estimate of drug-likeness (QED) is 0.657. The van der Waals surface area contributed by atoms with Crippen molar-refractivity contribution >= 4 is 35.0 Å². The minimum atomic E-state index is -0.343. The van der Waals surface area contributed by atoms with Crippen LogP contribution in [-0.2, 0) is 18.9 Å². The number of carbonyl (C=O) groups is 1. The zero-order valence-corrected chi connectivity index (χ0v) is 17.4. The number of rotatable bonds is 5. The number of aromatic nitrogens is 5. The Bertz CT molecular complexity index is 979. The SMILES string of the molecule is Cc1nn(C)c(C)c1NC(=O)[C@H](C)Sc1nnc(-c2ccc(Cl)cc2)n1C. The van der Waals surface area contributed by atoms with Crippen LogP contribution in [0.5, 0.6) is 0 Å². The molecule has 0 unspecified atom stereocenters. The molecule has 0 aliphatic rings. The fourth-order valence-corrected chi connectivity index (χ4v) is 3.60. The second-order valence-electron chi connectivity index (χ2n) is 6.29. The molecule has 1 N–H and O–H groups in total. The Morgan fingerprint density at radius 1 is 1.19 bits per heavy atom. The summed E-state index contributed by atoms with van der Waals surface area (Å²) < 4.78 is 3.63. The van der Waals surface area contributed by atoms with Crippen LogP contribution in [0.1, 0.15) is 18.3 Å². The van der Waals surface area contributed by atoms with Gasteiger partial charge in [-0.2, -0.15) is 5.10 Å². The van der Waals surface area contributed by atoms with E-state index in [9.17, 15) is 4.79 Å². The molecule has 9 heteroatoms. The number of anilines is 1. The van der Waals surface area contributed by atoms with Crippen LogP contribution in [0.3, 0.4) is 0 Å². The summed E-state index contributed by atoms with van der Waals surface area (Å²) in [5, 5.41) is 16.8. The number of benzene rings is 1. The lowest BCUT2D eigenvalue weighted by molar-refractivity contribution is -0.115. The molecule has 0 saturated carbocycles. The molecule has 1 aromatic carbocycles. The summed E-state index contributed by atoms with van der Waals surface area (Å²) >= 11 is 7.30. The van der Waals surface area contributed by atoms with Crippen molar-refractivity contribution in [1.29, 1.82) is 0 Å². The van der Waals surface area contributed by atoms with Crippen LogP contribution < -0.4 is 5.32 Å². The summed E-state index contributed by atoms with van der Waals surface area (Å²) in [6, 6.07) is 7.41. The molecule has 0 aliphatic heterocycles. The Balaban J connectivity index is 1.73. The largest absolute Gasteiger partial charge is 0.322 e. The number of hydrogen-bond donors (Lipinski definition) is 1. The smallest absolute Gasteiger partial charge is 0.237 e. The van der Waals surface area contributed by atoms with Crippen molar-refractivity contribution in [1.82, 2.24) is 24.5 Å². The van der Waals surface area contributed by atoms with Gasteiger partial charge in [0, 0.05) is 24.7 Å². The van der Waals surface area contributed by atoms with E-state index in [1.165, 1.54) is 11.8 Å². The molecule has 1 amide bonds. The molecular weight excluding hydrogens is 384 g/mol. The standard InChI is InChI=1S/C18H21ClN6OS/c1-10-15(11(2)25(5)23-10)20-17(26)12(3)27-18-22-21-16(24(18)4)13-6-8-14(19)9-7-13/h6-9,12H,1-5H3,(H,20,26)/t12-/m0/s1. The lowest BCUT2D eigenvalue weighted by Gasteiger charge is -2.12. The Morgan fingerprint density at radius 2 is 1.85 bits per heavy atom. The summed E-state index contributed by atoms with van der Waals surface area (Å²) in [5.41, 5.74) is 3.39. The van der Waals surface area contributed by atoms with Crippen LogP contribution in [0.15, 0.2) is 29.4 Å². The number of halogens is 1. The van der Waals surface area contributed by atoms with E-state index in [1.807, 2.05) is 63.7 Å². The highest BCUT2D eigenvalue weighted by atomic mass is 35.5. The molecule has 3 rings (SSSR count). The first kappa shape index (κ1) is 19.4. The molecule has 0 saturated heterocycles. The number of aryl methyl sites for hydroxylation is 2. The van der Waals surface area contributed by atoms with Crippen molar-refractivity contribution in [3.8, 4) is 11.4 Å². The molecule has 3 aromatic rings. The fraction of sp³-hybridized carbons (Fsp3) is 0.333. The van der Waals surface area contributed by atoms with E-state index in [1.54, 1.807) is 4.68 Å². The van der Waals surface area contributed by atoms with Gasteiger partial charge in [0.1, 0.15) is 0 Å². The molecular formula is C18H21ClN6OS. The molecule has 27 heavy (non-hydrogen) atoms. The summed E-state index contributed by atoms with van der Waals surface area (Å²) in [7, 11) is 3.74. The van der Waals surface area contributed by atoms with Crippen LogP contribution >= 0.6 is 23.4 Å². The Labute approximate surface area is 167 Å². The van der Waals surface area contributed by atoms with Gasteiger partial charge in [-0.25, -0.2) is 0 Å². The first-order valence-electron chi connectivity index (χ1n) is 8.41. The lowest BCUT2D eigenvalue weighted by atomic mass is 10.2. The first-order valence-corrected chi connectivity index (χ1v) is 9.66. The third-order valence-electron chi connectivity index (χ3n) is 4.35. The van der Waals surface area contributed by atoms with Gasteiger partial charge in [0.05, 0.1) is 22.3 Å². The van der Waals surface area contributed by atoms with Crippen molar-refractivity contribution in [3.63, 3.8) is 0 Å². The molecule has 1 atom stereocenters. The van der Waals surface area contributed by atoms with Gasteiger partial charge in [-0.1, -0.05) is 23.4 Å². The van der Waals surface area contributed by atoms with Gasteiger partial charge >= 0.3 is 0 Å². The Kier molecular flexibility index (Phi) is 5.57. The van der Waals surface area contributed by atoms with E-state index in [4.69, 9.17) is 11.6 Å². The maximum absolute atomic E-state index is 12.6. The lowest BCUT2D eigenvalue weighted by Crippen LogP contribution is -2.23.